The van der Waals surface area contributed by atoms with Gasteiger partial charge in [0.05, 0.1) is 5.54 Å². The number of anilines is 1. The van der Waals surface area contributed by atoms with Gasteiger partial charge < -0.3 is 16.2 Å². The number of rotatable bonds is 1. The number of nitrogens with two attached hydrogens (primary N) is 2. The maximum absolute atomic E-state index is 6.19. The SMILES string of the molecule is Cn1nc(C2(N)CCOCC2)nc1N. The molecule has 1 saturated heterocycles. The van der Waals surface area contributed by atoms with Crippen molar-refractivity contribution in [3.05, 3.63) is 5.82 Å². The standard InChI is InChI=1S/C8H15N5O/c1-13-7(9)11-6(12-13)8(10)2-4-14-5-3-8/h2-5,10H2,1H3,(H2,9,11,12). The number of nitrogen functional groups attached to an aromatic ring is 1. The highest BCUT2D eigenvalue weighted by atomic mass is 16.5. The molecule has 0 aliphatic carbocycles. The first-order valence-electron chi connectivity index (χ1n) is 4.65. The lowest BCUT2D eigenvalue weighted by Gasteiger charge is -2.30. The Morgan fingerprint density at radius 3 is 2.57 bits per heavy atom. The van der Waals surface area contributed by atoms with Gasteiger partial charge in [-0.05, 0) is 12.8 Å². The van der Waals surface area contributed by atoms with E-state index in [1.165, 1.54) is 0 Å². The largest absolute Gasteiger partial charge is 0.381 e. The van der Waals surface area contributed by atoms with Gasteiger partial charge in [0.2, 0.25) is 5.95 Å². The minimum absolute atomic E-state index is 0.399. The lowest BCUT2D eigenvalue weighted by molar-refractivity contribution is 0.0492. The Labute approximate surface area is 82.2 Å². The van der Waals surface area contributed by atoms with Gasteiger partial charge in [-0.25, -0.2) is 4.68 Å². The minimum Gasteiger partial charge on any atom is -0.381 e. The van der Waals surface area contributed by atoms with Gasteiger partial charge in [0.25, 0.3) is 0 Å². The molecule has 4 N–H and O–H groups in total. The molecule has 1 aliphatic heterocycles. The van der Waals surface area contributed by atoms with Crippen molar-refractivity contribution in [3.8, 4) is 0 Å². The van der Waals surface area contributed by atoms with Crippen molar-refractivity contribution in [2.75, 3.05) is 18.9 Å². The zero-order chi connectivity index (χ0) is 10.2. The quantitative estimate of drug-likeness (QED) is 0.625. The van der Waals surface area contributed by atoms with Gasteiger partial charge in [-0.15, -0.1) is 0 Å². The summed E-state index contributed by atoms with van der Waals surface area (Å²) in [5, 5.41) is 4.21. The van der Waals surface area contributed by atoms with E-state index >= 15 is 0 Å². The normalized spacial score (nSPS) is 21.0. The lowest BCUT2D eigenvalue weighted by Crippen LogP contribution is -2.43. The molecule has 0 aromatic carbocycles. The molecular weight excluding hydrogens is 182 g/mol. The molecular formula is C8H15N5O. The first kappa shape index (κ1) is 9.42. The predicted molar refractivity (Wildman–Crippen MR) is 51.3 cm³/mol. The number of nitrogens with zero attached hydrogens (tertiary/aromatic N) is 3. The Hall–Kier alpha value is -1.14. The summed E-state index contributed by atoms with van der Waals surface area (Å²) < 4.78 is 6.79. The zero-order valence-corrected chi connectivity index (χ0v) is 8.23. The number of aromatic nitrogens is 3. The van der Waals surface area contributed by atoms with Crippen LogP contribution in [0.5, 0.6) is 0 Å². The summed E-state index contributed by atoms with van der Waals surface area (Å²) in [7, 11) is 1.76. The molecule has 2 rings (SSSR count). The van der Waals surface area contributed by atoms with Crippen LogP contribution in [0.3, 0.4) is 0 Å². The van der Waals surface area contributed by atoms with Gasteiger partial charge in [0.15, 0.2) is 5.82 Å². The fourth-order valence-electron chi connectivity index (χ4n) is 1.57. The summed E-state index contributed by atoms with van der Waals surface area (Å²) in [4.78, 5) is 4.15. The smallest absolute Gasteiger partial charge is 0.218 e. The lowest BCUT2D eigenvalue weighted by atomic mass is 9.91. The molecule has 2 heterocycles. The van der Waals surface area contributed by atoms with Crippen LogP contribution < -0.4 is 11.5 Å². The van der Waals surface area contributed by atoms with E-state index in [2.05, 4.69) is 10.1 Å². The zero-order valence-electron chi connectivity index (χ0n) is 8.23. The first-order chi connectivity index (χ1) is 6.62. The van der Waals surface area contributed by atoms with Crippen LogP contribution in [0.2, 0.25) is 0 Å². The van der Waals surface area contributed by atoms with Crippen LogP contribution in [0.15, 0.2) is 0 Å². The fourth-order valence-corrected chi connectivity index (χ4v) is 1.57. The van der Waals surface area contributed by atoms with Crippen molar-refractivity contribution >= 4 is 5.95 Å². The van der Waals surface area contributed by atoms with Crippen LogP contribution >= 0.6 is 0 Å². The molecule has 78 valence electrons. The third kappa shape index (κ3) is 1.46. The van der Waals surface area contributed by atoms with Gasteiger partial charge in [-0.1, -0.05) is 0 Å². The molecule has 6 nitrogen and oxygen atoms in total. The first-order valence-corrected chi connectivity index (χ1v) is 4.65. The van der Waals surface area contributed by atoms with Crippen LogP contribution in [0.1, 0.15) is 18.7 Å². The van der Waals surface area contributed by atoms with Crippen molar-refractivity contribution in [3.63, 3.8) is 0 Å². The van der Waals surface area contributed by atoms with Crippen molar-refractivity contribution in [2.24, 2.45) is 12.8 Å². The van der Waals surface area contributed by atoms with E-state index in [1.807, 2.05) is 0 Å². The van der Waals surface area contributed by atoms with Gasteiger partial charge in [0.1, 0.15) is 0 Å². The molecule has 1 aromatic heterocycles. The second-order valence-electron chi connectivity index (χ2n) is 3.69. The monoisotopic (exact) mass is 197 g/mol. The van der Waals surface area contributed by atoms with E-state index in [9.17, 15) is 0 Å². The second-order valence-corrected chi connectivity index (χ2v) is 3.69. The molecule has 1 aromatic rings. The van der Waals surface area contributed by atoms with Gasteiger partial charge in [-0.3, -0.25) is 0 Å². The molecule has 1 aliphatic rings. The third-order valence-electron chi connectivity index (χ3n) is 2.63. The Kier molecular flexibility index (Phi) is 2.16. The maximum Gasteiger partial charge on any atom is 0.218 e. The molecule has 0 spiro atoms. The molecule has 0 saturated carbocycles. The number of aryl methyl sites for hydroxylation is 1. The van der Waals surface area contributed by atoms with Crippen LogP contribution in [0, 0.1) is 0 Å². The third-order valence-corrected chi connectivity index (χ3v) is 2.63. The highest BCUT2D eigenvalue weighted by molar-refractivity contribution is 5.19. The van der Waals surface area contributed by atoms with E-state index in [4.69, 9.17) is 16.2 Å². The van der Waals surface area contributed by atoms with Crippen LogP contribution in [-0.4, -0.2) is 28.0 Å². The van der Waals surface area contributed by atoms with Gasteiger partial charge >= 0.3 is 0 Å². The summed E-state index contributed by atoms with van der Waals surface area (Å²) in [6.07, 6.45) is 1.49. The predicted octanol–water partition coefficient (Wildman–Crippen LogP) is -0.638. The summed E-state index contributed by atoms with van der Waals surface area (Å²) in [6.45, 7) is 1.32. The Balaban J connectivity index is 2.28. The fraction of sp³-hybridized carbons (Fsp3) is 0.750. The van der Waals surface area contributed by atoms with E-state index in [0.717, 1.165) is 12.8 Å². The molecule has 6 heteroatoms. The van der Waals surface area contributed by atoms with Crippen LogP contribution in [0.4, 0.5) is 5.95 Å². The average molecular weight is 197 g/mol. The van der Waals surface area contributed by atoms with E-state index < -0.39 is 5.54 Å². The average Bonchev–Trinajstić information content (AvgIpc) is 2.49. The second kappa shape index (κ2) is 3.21. The molecule has 0 bridgehead atoms. The minimum atomic E-state index is -0.465. The van der Waals surface area contributed by atoms with Crippen molar-refractivity contribution in [1.82, 2.24) is 14.8 Å². The highest BCUT2D eigenvalue weighted by Crippen LogP contribution is 2.26. The summed E-state index contributed by atoms with van der Waals surface area (Å²) in [5.74, 6) is 1.03. The molecule has 0 radical (unpaired) electrons. The molecule has 0 unspecified atom stereocenters. The summed E-state index contributed by atoms with van der Waals surface area (Å²) >= 11 is 0. The number of hydrogen-bond donors (Lipinski definition) is 2. The number of ether oxygens (including phenoxy) is 1. The van der Waals surface area contributed by atoms with Crippen molar-refractivity contribution in [2.45, 2.75) is 18.4 Å². The molecule has 14 heavy (non-hydrogen) atoms. The molecule has 0 atom stereocenters. The van der Waals surface area contributed by atoms with Crippen molar-refractivity contribution < 1.29 is 4.74 Å². The van der Waals surface area contributed by atoms with E-state index in [1.54, 1.807) is 11.7 Å². The number of hydrogen-bond acceptors (Lipinski definition) is 5. The Morgan fingerprint density at radius 1 is 1.43 bits per heavy atom. The van der Waals surface area contributed by atoms with Crippen molar-refractivity contribution in [1.29, 1.82) is 0 Å². The van der Waals surface area contributed by atoms with Crippen LogP contribution in [0.25, 0.3) is 0 Å². The van der Waals surface area contributed by atoms with Gasteiger partial charge in [-0.2, -0.15) is 10.1 Å². The molecule has 1 fully saturated rings. The highest BCUT2D eigenvalue weighted by Gasteiger charge is 2.34. The van der Waals surface area contributed by atoms with E-state index in [-0.39, 0.29) is 0 Å². The van der Waals surface area contributed by atoms with Gasteiger partial charge in [0, 0.05) is 20.3 Å². The van der Waals surface area contributed by atoms with Crippen LogP contribution in [-0.2, 0) is 17.3 Å². The maximum atomic E-state index is 6.19. The summed E-state index contributed by atoms with van der Waals surface area (Å²) in [5.41, 5.74) is 11.3. The Morgan fingerprint density at radius 2 is 2.07 bits per heavy atom. The Bertz CT molecular complexity index is 309. The van der Waals surface area contributed by atoms with E-state index in [0.29, 0.717) is 25.0 Å². The molecule has 0 amide bonds. The topological polar surface area (TPSA) is 92.0 Å². The summed E-state index contributed by atoms with van der Waals surface area (Å²) in [6, 6.07) is 0.